The number of carboxylic acids is 1. The van der Waals surface area contributed by atoms with Crippen molar-refractivity contribution in [2.24, 2.45) is 0 Å². The lowest BCUT2D eigenvalue weighted by molar-refractivity contribution is -0.139. The molecule has 0 heterocycles. The zero-order chi connectivity index (χ0) is 20.3. The Hall–Kier alpha value is -2.86. The summed E-state index contributed by atoms with van der Waals surface area (Å²) in [5.74, 6) is -1.24. The Balaban J connectivity index is 1.65. The van der Waals surface area contributed by atoms with Crippen molar-refractivity contribution in [3.05, 3.63) is 59.7 Å². The van der Waals surface area contributed by atoms with E-state index in [9.17, 15) is 19.8 Å². The fourth-order valence-electron chi connectivity index (χ4n) is 3.54. The minimum Gasteiger partial charge on any atom is -0.480 e. The molecule has 148 valence electrons. The molecule has 0 spiro atoms. The van der Waals surface area contributed by atoms with Gasteiger partial charge in [0.15, 0.2) is 0 Å². The molecule has 0 saturated carbocycles. The molecular formula is C22H25NO5. The molecule has 0 radical (unpaired) electrons. The number of hydrogen-bond acceptors (Lipinski definition) is 4. The summed E-state index contributed by atoms with van der Waals surface area (Å²) >= 11 is 0. The lowest BCUT2D eigenvalue weighted by Gasteiger charge is -2.21. The normalized spacial score (nSPS) is 14.1. The van der Waals surface area contributed by atoms with E-state index in [4.69, 9.17) is 4.74 Å². The second-order valence-electron chi connectivity index (χ2n) is 7.71. The summed E-state index contributed by atoms with van der Waals surface area (Å²) < 4.78 is 5.38. The van der Waals surface area contributed by atoms with E-state index in [1.54, 1.807) is 13.8 Å². The first kappa shape index (κ1) is 19.9. The second kappa shape index (κ2) is 8.02. The average molecular weight is 383 g/mol. The molecule has 0 aliphatic heterocycles. The molecule has 1 unspecified atom stereocenters. The highest BCUT2D eigenvalue weighted by Crippen LogP contribution is 2.44. The molecule has 1 aliphatic rings. The van der Waals surface area contributed by atoms with E-state index in [0.29, 0.717) is 0 Å². The molecule has 1 atom stereocenters. The third kappa shape index (κ3) is 4.51. The van der Waals surface area contributed by atoms with Crippen molar-refractivity contribution < 1.29 is 24.5 Å². The first-order chi connectivity index (χ1) is 13.3. The smallest absolute Gasteiger partial charge is 0.407 e. The Labute approximate surface area is 164 Å². The zero-order valence-electron chi connectivity index (χ0n) is 16.0. The Morgan fingerprint density at radius 1 is 1.07 bits per heavy atom. The summed E-state index contributed by atoms with van der Waals surface area (Å²) in [6.45, 7) is 3.32. The highest BCUT2D eigenvalue weighted by atomic mass is 16.5. The van der Waals surface area contributed by atoms with Crippen LogP contribution in [-0.4, -0.2) is 40.5 Å². The van der Waals surface area contributed by atoms with Crippen molar-refractivity contribution in [1.82, 2.24) is 5.32 Å². The molecule has 0 bridgehead atoms. The number of fused-ring (bicyclic) bond motifs is 3. The van der Waals surface area contributed by atoms with Gasteiger partial charge >= 0.3 is 12.1 Å². The SMILES string of the molecule is CC(C)(O)CCC(NC(=O)OCC1c2ccccc2-c2ccccc21)C(=O)O. The Bertz CT molecular complexity index is 826. The second-order valence-corrected chi connectivity index (χ2v) is 7.71. The van der Waals surface area contributed by atoms with Gasteiger partial charge in [-0.1, -0.05) is 48.5 Å². The minimum absolute atomic E-state index is 0.0854. The first-order valence-electron chi connectivity index (χ1n) is 9.33. The number of ether oxygens (including phenoxy) is 1. The van der Waals surface area contributed by atoms with Crippen LogP contribution in [0.3, 0.4) is 0 Å². The summed E-state index contributed by atoms with van der Waals surface area (Å²) in [4.78, 5) is 23.6. The largest absolute Gasteiger partial charge is 0.480 e. The summed E-state index contributed by atoms with van der Waals surface area (Å²) in [5.41, 5.74) is 3.43. The summed E-state index contributed by atoms with van der Waals surface area (Å²) in [5, 5.41) is 21.5. The third-order valence-corrected chi connectivity index (χ3v) is 4.98. The van der Waals surface area contributed by atoms with Gasteiger partial charge in [-0.15, -0.1) is 0 Å². The summed E-state index contributed by atoms with van der Waals surface area (Å²) in [7, 11) is 0. The van der Waals surface area contributed by atoms with E-state index in [1.165, 1.54) is 0 Å². The monoisotopic (exact) mass is 383 g/mol. The maximum absolute atomic E-state index is 12.2. The van der Waals surface area contributed by atoms with Gasteiger partial charge < -0.3 is 20.3 Å². The molecule has 3 N–H and O–H groups in total. The van der Waals surface area contributed by atoms with Crippen LogP contribution in [0.25, 0.3) is 11.1 Å². The molecule has 6 nitrogen and oxygen atoms in total. The van der Waals surface area contributed by atoms with Crippen molar-refractivity contribution in [1.29, 1.82) is 0 Å². The van der Waals surface area contributed by atoms with Crippen LogP contribution in [0.2, 0.25) is 0 Å². The van der Waals surface area contributed by atoms with Gasteiger partial charge in [0, 0.05) is 5.92 Å². The number of rotatable bonds is 7. The Kier molecular flexibility index (Phi) is 5.70. The molecule has 0 fully saturated rings. The predicted molar refractivity (Wildman–Crippen MR) is 105 cm³/mol. The standard InChI is InChI=1S/C22H25NO5/c1-22(2,27)12-11-19(20(24)25)23-21(26)28-13-18-16-9-5-3-7-14(16)15-8-4-6-10-17(15)18/h3-10,18-19,27H,11-13H2,1-2H3,(H,23,26)(H,24,25). The topological polar surface area (TPSA) is 95.9 Å². The van der Waals surface area contributed by atoms with Crippen LogP contribution in [0, 0.1) is 0 Å². The van der Waals surface area contributed by atoms with Gasteiger partial charge in [-0.3, -0.25) is 0 Å². The molecule has 2 aromatic rings. The lowest BCUT2D eigenvalue weighted by Crippen LogP contribution is -2.42. The maximum atomic E-state index is 12.2. The van der Waals surface area contributed by atoms with Crippen molar-refractivity contribution >= 4 is 12.1 Å². The number of amides is 1. The van der Waals surface area contributed by atoms with Crippen molar-refractivity contribution in [3.8, 4) is 11.1 Å². The quantitative estimate of drug-likeness (QED) is 0.680. The van der Waals surface area contributed by atoms with E-state index in [-0.39, 0.29) is 25.4 Å². The van der Waals surface area contributed by atoms with Gasteiger partial charge in [-0.25, -0.2) is 9.59 Å². The number of alkyl carbamates (subject to hydrolysis) is 1. The average Bonchev–Trinajstić information content (AvgIpc) is 2.96. The molecular weight excluding hydrogens is 358 g/mol. The van der Waals surface area contributed by atoms with E-state index in [2.05, 4.69) is 5.32 Å². The van der Waals surface area contributed by atoms with Gasteiger partial charge in [0.05, 0.1) is 5.60 Å². The van der Waals surface area contributed by atoms with Crippen LogP contribution < -0.4 is 5.32 Å². The lowest BCUT2D eigenvalue weighted by atomic mass is 9.98. The predicted octanol–water partition coefficient (Wildman–Crippen LogP) is 3.53. The number of carbonyl (C=O) groups excluding carboxylic acids is 1. The number of carbonyl (C=O) groups is 2. The highest BCUT2D eigenvalue weighted by Gasteiger charge is 2.30. The Morgan fingerprint density at radius 3 is 2.11 bits per heavy atom. The minimum atomic E-state index is -1.15. The molecule has 2 aromatic carbocycles. The van der Waals surface area contributed by atoms with Gasteiger partial charge in [-0.05, 0) is 48.9 Å². The van der Waals surface area contributed by atoms with Crippen molar-refractivity contribution in [2.45, 2.75) is 44.2 Å². The van der Waals surface area contributed by atoms with Gasteiger partial charge in [0.1, 0.15) is 12.6 Å². The molecule has 3 rings (SSSR count). The maximum Gasteiger partial charge on any atom is 0.407 e. The zero-order valence-corrected chi connectivity index (χ0v) is 16.0. The number of carboxylic acid groups (broad SMARTS) is 1. The first-order valence-corrected chi connectivity index (χ1v) is 9.33. The van der Waals surface area contributed by atoms with E-state index in [1.807, 2.05) is 48.5 Å². The number of nitrogens with one attached hydrogen (secondary N) is 1. The van der Waals surface area contributed by atoms with Crippen molar-refractivity contribution in [3.63, 3.8) is 0 Å². The third-order valence-electron chi connectivity index (χ3n) is 4.98. The molecule has 1 amide bonds. The van der Waals surface area contributed by atoms with E-state index < -0.39 is 23.7 Å². The van der Waals surface area contributed by atoms with Crippen LogP contribution in [0.4, 0.5) is 4.79 Å². The fraction of sp³-hybridized carbons (Fsp3) is 0.364. The van der Waals surface area contributed by atoms with E-state index >= 15 is 0 Å². The summed E-state index contributed by atoms with van der Waals surface area (Å²) in [6.07, 6.45) is -0.415. The molecule has 0 saturated heterocycles. The summed E-state index contributed by atoms with van der Waals surface area (Å²) in [6, 6.07) is 14.9. The molecule has 1 aliphatic carbocycles. The van der Waals surface area contributed by atoms with Gasteiger partial charge in [-0.2, -0.15) is 0 Å². The number of aliphatic hydroxyl groups is 1. The van der Waals surface area contributed by atoms with E-state index in [0.717, 1.165) is 22.3 Å². The molecule has 6 heteroatoms. The number of aliphatic carboxylic acids is 1. The van der Waals surface area contributed by atoms with Crippen LogP contribution in [-0.2, 0) is 9.53 Å². The van der Waals surface area contributed by atoms with Crippen LogP contribution >= 0.6 is 0 Å². The highest BCUT2D eigenvalue weighted by molar-refractivity contribution is 5.81. The Morgan fingerprint density at radius 2 is 1.61 bits per heavy atom. The number of benzene rings is 2. The van der Waals surface area contributed by atoms with Crippen molar-refractivity contribution in [2.75, 3.05) is 6.61 Å². The van der Waals surface area contributed by atoms with Crippen LogP contribution in [0.1, 0.15) is 43.7 Å². The number of hydrogen-bond donors (Lipinski definition) is 3. The van der Waals surface area contributed by atoms with Crippen LogP contribution in [0.15, 0.2) is 48.5 Å². The van der Waals surface area contributed by atoms with Crippen LogP contribution in [0.5, 0.6) is 0 Å². The van der Waals surface area contributed by atoms with Gasteiger partial charge in [0.25, 0.3) is 0 Å². The molecule has 0 aromatic heterocycles. The van der Waals surface area contributed by atoms with Gasteiger partial charge in [0.2, 0.25) is 0 Å². The molecule has 28 heavy (non-hydrogen) atoms. The fourth-order valence-corrected chi connectivity index (χ4v) is 3.54.